The standard InChI is InChI=1S/C25H27N3O2S2/c29-23(27-16-18-6-2-1-3-7-18)17-32-22-9-5-4-8-21(22)24(30)28-20-12-10-19(11-13-20)25-26-14-15-31-25/h4-5,8-15,18H,1-3,6-7,16-17H2,(H,27,29)(H,28,30). The molecule has 3 aromatic rings. The summed E-state index contributed by atoms with van der Waals surface area (Å²) in [5.41, 5.74) is 2.31. The van der Waals surface area contributed by atoms with Crippen LogP contribution in [0.3, 0.4) is 0 Å². The quantitative estimate of drug-likeness (QED) is 0.409. The van der Waals surface area contributed by atoms with E-state index in [1.807, 2.05) is 47.8 Å². The van der Waals surface area contributed by atoms with Crippen molar-refractivity contribution in [3.05, 3.63) is 65.7 Å². The maximum Gasteiger partial charge on any atom is 0.256 e. The molecule has 1 aliphatic carbocycles. The fourth-order valence-electron chi connectivity index (χ4n) is 3.88. The minimum absolute atomic E-state index is 0.0218. The number of thioether (sulfide) groups is 1. The van der Waals surface area contributed by atoms with E-state index in [1.165, 1.54) is 43.9 Å². The van der Waals surface area contributed by atoms with Crippen LogP contribution in [0.25, 0.3) is 10.6 Å². The minimum atomic E-state index is -0.183. The molecule has 1 aliphatic rings. The van der Waals surface area contributed by atoms with Crippen LogP contribution in [0, 0.1) is 5.92 Å². The Bertz CT molecular complexity index is 1030. The molecule has 0 spiro atoms. The highest BCUT2D eigenvalue weighted by molar-refractivity contribution is 8.00. The lowest BCUT2D eigenvalue weighted by Crippen LogP contribution is -2.31. The van der Waals surface area contributed by atoms with Gasteiger partial charge in [-0.05, 0) is 55.2 Å². The molecule has 1 aromatic heterocycles. The third kappa shape index (κ3) is 6.20. The second kappa shape index (κ2) is 11.3. The van der Waals surface area contributed by atoms with Gasteiger partial charge in [0.25, 0.3) is 5.91 Å². The summed E-state index contributed by atoms with van der Waals surface area (Å²) in [5.74, 6) is 0.753. The van der Waals surface area contributed by atoms with Gasteiger partial charge < -0.3 is 10.6 Å². The molecule has 2 aromatic carbocycles. The van der Waals surface area contributed by atoms with Crippen molar-refractivity contribution in [3.8, 4) is 10.6 Å². The number of nitrogens with zero attached hydrogens (tertiary/aromatic N) is 1. The second-order valence-corrected chi connectivity index (χ2v) is 9.87. The van der Waals surface area contributed by atoms with E-state index in [2.05, 4.69) is 15.6 Å². The highest BCUT2D eigenvalue weighted by Gasteiger charge is 2.16. The summed E-state index contributed by atoms with van der Waals surface area (Å²) in [4.78, 5) is 30.3. The van der Waals surface area contributed by atoms with Crippen molar-refractivity contribution >= 4 is 40.6 Å². The number of thiazole rings is 1. The van der Waals surface area contributed by atoms with Gasteiger partial charge in [-0.2, -0.15) is 0 Å². The number of rotatable bonds is 8. The summed E-state index contributed by atoms with van der Waals surface area (Å²) in [6.45, 7) is 0.762. The van der Waals surface area contributed by atoms with Gasteiger partial charge in [-0.15, -0.1) is 23.1 Å². The summed E-state index contributed by atoms with van der Waals surface area (Å²) in [6.07, 6.45) is 8.05. The Kier molecular flexibility index (Phi) is 7.96. The van der Waals surface area contributed by atoms with Gasteiger partial charge >= 0.3 is 0 Å². The molecular formula is C25H27N3O2S2. The van der Waals surface area contributed by atoms with Gasteiger partial charge in [0.05, 0.1) is 11.3 Å². The van der Waals surface area contributed by atoms with Crippen molar-refractivity contribution in [2.75, 3.05) is 17.6 Å². The van der Waals surface area contributed by atoms with Gasteiger partial charge in [0.15, 0.2) is 0 Å². The zero-order valence-corrected chi connectivity index (χ0v) is 19.5. The van der Waals surface area contributed by atoms with Crippen molar-refractivity contribution in [1.82, 2.24) is 10.3 Å². The van der Waals surface area contributed by atoms with Crippen LogP contribution in [0.1, 0.15) is 42.5 Å². The SMILES string of the molecule is O=C(CSc1ccccc1C(=O)Nc1ccc(-c2nccs2)cc1)NCC1CCCCC1. The first-order valence-electron chi connectivity index (χ1n) is 11.0. The first-order valence-corrected chi connectivity index (χ1v) is 12.9. The molecule has 5 nitrogen and oxygen atoms in total. The van der Waals surface area contributed by atoms with Crippen LogP contribution in [-0.4, -0.2) is 29.1 Å². The van der Waals surface area contributed by atoms with Crippen molar-refractivity contribution in [2.45, 2.75) is 37.0 Å². The molecule has 0 radical (unpaired) electrons. The molecular weight excluding hydrogens is 438 g/mol. The van der Waals surface area contributed by atoms with Crippen LogP contribution in [0.2, 0.25) is 0 Å². The van der Waals surface area contributed by atoms with Crippen LogP contribution in [0.4, 0.5) is 5.69 Å². The molecule has 1 saturated carbocycles. The van der Waals surface area contributed by atoms with Gasteiger partial charge in [-0.25, -0.2) is 4.98 Å². The van der Waals surface area contributed by atoms with E-state index >= 15 is 0 Å². The lowest BCUT2D eigenvalue weighted by Gasteiger charge is -2.21. The Labute approximate surface area is 197 Å². The number of anilines is 1. The molecule has 32 heavy (non-hydrogen) atoms. The summed E-state index contributed by atoms with van der Waals surface area (Å²) in [7, 11) is 0. The summed E-state index contributed by atoms with van der Waals surface area (Å²) in [5, 5.41) is 8.91. The monoisotopic (exact) mass is 465 g/mol. The number of benzene rings is 2. The summed E-state index contributed by atoms with van der Waals surface area (Å²) < 4.78 is 0. The minimum Gasteiger partial charge on any atom is -0.355 e. The van der Waals surface area contributed by atoms with Crippen LogP contribution in [-0.2, 0) is 4.79 Å². The molecule has 0 bridgehead atoms. The van der Waals surface area contributed by atoms with Gasteiger partial charge in [0.2, 0.25) is 5.91 Å². The molecule has 166 valence electrons. The number of carbonyl (C=O) groups excluding carboxylic acids is 2. The van der Waals surface area contributed by atoms with Crippen LogP contribution in [0.15, 0.2) is 65.0 Å². The normalized spacial score (nSPS) is 14.1. The molecule has 1 fully saturated rings. The van der Waals surface area contributed by atoms with Crippen molar-refractivity contribution in [3.63, 3.8) is 0 Å². The van der Waals surface area contributed by atoms with Crippen LogP contribution >= 0.6 is 23.1 Å². The molecule has 0 aliphatic heterocycles. The fourth-order valence-corrected chi connectivity index (χ4v) is 5.41. The molecule has 2 N–H and O–H groups in total. The maximum atomic E-state index is 12.9. The highest BCUT2D eigenvalue weighted by atomic mass is 32.2. The first-order chi connectivity index (χ1) is 15.7. The van der Waals surface area contributed by atoms with Crippen molar-refractivity contribution in [2.24, 2.45) is 5.92 Å². The first kappa shape index (κ1) is 22.6. The third-order valence-corrected chi connectivity index (χ3v) is 7.52. The predicted molar refractivity (Wildman–Crippen MR) is 132 cm³/mol. The molecule has 7 heteroatoms. The Balaban J connectivity index is 1.32. The van der Waals surface area contributed by atoms with Crippen molar-refractivity contribution in [1.29, 1.82) is 0 Å². The molecule has 1 heterocycles. The van der Waals surface area contributed by atoms with Gasteiger partial charge in [-0.3, -0.25) is 9.59 Å². The zero-order valence-electron chi connectivity index (χ0n) is 17.9. The van der Waals surface area contributed by atoms with E-state index in [0.717, 1.165) is 27.7 Å². The number of hydrogen-bond acceptors (Lipinski definition) is 5. The smallest absolute Gasteiger partial charge is 0.256 e. The Hall–Kier alpha value is -2.64. The lowest BCUT2D eigenvalue weighted by atomic mass is 9.89. The number of nitrogens with one attached hydrogen (secondary N) is 2. The zero-order chi connectivity index (χ0) is 22.2. The van der Waals surface area contributed by atoms with Crippen LogP contribution < -0.4 is 10.6 Å². The molecule has 0 unspecified atom stereocenters. The van der Waals surface area contributed by atoms with E-state index in [4.69, 9.17) is 0 Å². The highest BCUT2D eigenvalue weighted by Crippen LogP contribution is 2.26. The van der Waals surface area contributed by atoms with E-state index in [1.54, 1.807) is 23.6 Å². The largest absolute Gasteiger partial charge is 0.355 e. The van der Waals surface area contributed by atoms with Gasteiger partial charge in [-0.1, -0.05) is 31.4 Å². The Morgan fingerprint density at radius 3 is 2.56 bits per heavy atom. The van der Waals surface area contributed by atoms with Gasteiger partial charge in [0, 0.05) is 34.3 Å². The Morgan fingerprint density at radius 1 is 1.03 bits per heavy atom. The van der Waals surface area contributed by atoms with E-state index in [9.17, 15) is 9.59 Å². The van der Waals surface area contributed by atoms with E-state index in [-0.39, 0.29) is 11.8 Å². The third-order valence-electron chi connectivity index (χ3n) is 5.63. The molecule has 0 saturated heterocycles. The number of hydrogen-bond donors (Lipinski definition) is 2. The van der Waals surface area contributed by atoms with Crippen molar-refractivity contribution < 1.29 is 9.59 Å². The van der Waals surface area contributed by atoms with E-state index < -0.39 is 0 Å². The maximum absolute atomic E-state index is 12.9. The average Bonchev–Trinajstić information content (AvgIpc) is 3.38. The lowest BCUT2D eigenvalue weighted by molar-refractivity contribution is -0.118. The number of carbonyl (C=O) groups is 2. The number of amides is 2. The topological polar surface area (TPSA) is 71.1 Å². The average molecular weight is 466 g/mol. The molecule has 0 atom stereocenters. The fraction of sp³-hybridized carbons (Fsp3) is 0.320. The van der Waals surface area contributed by atoms with Gasteiger partial charge in [0.1, 0.15) is 5.01 Å². The number of aromatic nitrogens is 1. The molecule has 2 amide bonds. The predicted octanol–water partition coefficient (Wildman–Crippen LogP) is 5.85. The van der Waals surface area contributed by atoms with Crippen LogP contribution in [0.5, 0.6) is 0 Å². The second-order valence-electron chi connectivity index (χ2n) is 7.96. The van der Waals surface area contributed by atoms with E-state index in [0.29, 0.717) is 17.2 Å². The summed E-state index contributed by atoms with van der Waals surface area (Å²) >= 11 is 2.98. The summed E-state index contributed by atoms with van der Waals surface area (Å²) in [6, 6.07) is 15.1. The Morgan fingerprint density at radius 2 is 1.81 bits per heavy atom. The molecule has 4 rings (SSSR count).